The molecule has 0 saturated heterocycles. The van der Waals surface area contributed by atoms with E-state index in [2.05, 4.69) is 170 Å². The van der Waals surface area contributed by atoms with E-state index in [4.69, 9.17) is 15.0 Å². The molecule has 0 amide bonds. The number of anilines is 4. The van der Waals surface area contributed by atoms with Crippen molar-refractivity contribution in [3.05, 3.63) is 176 Å². The molecule has 0 fully saturated rings. The summed E-state index contributed by atoms with van der Waals surface area (Å²) in [5.41, 5.74) is 11.4. The summed E-state index contributed by atoms with van der Waals surface area (Å²) in [6, 6.07) is 50.7. The average Bonchev–Trinajstić information content (AvgIpc) is 3.28. The molecule has 60 heavy (non-hydrogen) atoms. The van der Waals surface area contributed by atoms with Crippen LogP contribution in [0.25, 0.3) is 44.5 Å². The summed E-state index contributed by atoms with van der Waals surface area (Å²) in [6.07, 6.45) is 5.61. The molecule has 0 spiro atoms. The van der Waals surface area contributed by atoms with E-state index < -0.39 is 0 Å². The molecule has 9 aromatic rings. The number of nitrogens with zero attached hydrogens (tertiary/aromatic N) is 5. The second-order valence-corrected chi connectivity index (χ2v) is 17.4. The molecule has 9 heteroatoms. The van der Waals surface area contributed by atoms with Gasteiger partial charge in [0.1, 0.15) is 0 Å². The lowest BCUT2D eigenvalue weighted by molar-refractivity contribution is 0.828. The van der Waals surface area contributed by atoms with Crippen LogP contribution in [-0.2, 0) is 0 Å². The smallest absolute Gasteiger partial charge is 0.161 e. The van der Waals surface area contributed by atoms with Gasteiger partial charge in [-0.3, -0.25) is 4.98 Å². The minimum absolute atomic E-state index is 0.318. The Kier molecular flexibility index (Phi) is 11.3. The summed E-state index contributed by atoms with van der Waals surface area (Å²) in [6.45, 7) is 8.60. The van der Waals surface area contributed by atoms with Crippen molar-refractivity contribution in [3.8, 4) is 22.4 Å². The molecule has 4 aromatic carbocycles. The zero-order valence-corrected chi connectivity index (χ0v) is 35.4. The maximum Gasteiger partial charge on any atom is 0.161 e. The third-order valence-electron chi connectivity index (χ3n) is 10.3. The molecule has 294 valence electrons. The van der Waals surface area contributed by atoms with Gasteiger partial charge in [0.25, 0.3) is 0 Å². The highest BCUT2D eigenvalue weighted by Gasteiger charge is 2.15. The van der Waals surface area contributed by atoms with E-state index in [0.717, 1.165) is 93.3 Å². The Labute approximate surface area is 359 Å². The SMILES string of the molecule is CC(C)c1ccc2c(Nc3cc(-c4ccc(-c5ccc(Sc6ccccc6)c(Nc6ccnc7nc(C(C)C)ccc67)c5)nc4)ccc3Sc3ccccc3)ccnc2n1. The van der Waals surface area contributed by atoms with Crippen molar-refractivity contribution in [2.24, 2.45) is 0 Å². The minimum Gasteiger partial charge on any atom is -0.354 e. The van der Waals surface area contributed by atoms with Gasteiger partial charge >= 0.3 is 0 Å². The van der Waals surface area contributed by atoms with E-state index in [-0.39, 0.29) is 0 Å². The lowest BCUT2D eigenvalue weighted by Crippen LogP contribution is -1.99. The second kappa shape index (κ2) is 17.4. The third kappa shape index (κ3) is 8.59. The van der Waals surface area contributed by atoms with Crippen LogP contribution in [0.2, 0.25) is 0 Å². The minimum atomic E-state index is 0.318. The van der Waals surface area contributed by atoms with E-state index in [1.807, 2.05) is 42.9 Å². The summed E-state index contributed by atoms with van der Waals surface area (Å²) < 4.78 is 0. The van der Waals surface area contributed by atoms with Gasteiger partial charge in [0.2, 0.25) is 0 Å². The van der Waals surface area contributed by atoms with Crippen LogP contribution < -0.4 is 10.6 Å². The number of nitrogens with one attached hydrogen (secondary N) is 2. The number of pyridine rings is 5. The van der Waals surface area contributed by atoms with Crippen molar-refractivity contribution >= 4 is 68.3 Å². The van der Waals surface area contributed by atoms with Crippen molar-refractivity contribution in [2.75, 3.05) is 10.6 Å². The van der Waals surface area contributed by atoms with Crippen molar-refractivity contribution < 1.29 is 0 Å². The zero-order chi connectivity index (χ0) is 41.0. The van der Waals surface area contributed by atoms with Crippen LogP contribution in [0, 0.1) is 0 Å². The largest absolute Gasteiger partial charge is 0.354 e. The highest BCUT2D eigenvalue weighted by Crippen LogP contribution is 2.41. The molecular weight excluding hydrogens is 775 g/mol. The fourth-order valence-corrected chi connectivity index (χ4v) is 8.78. The van der Waals surface area contributed by atoms with E-state index in [9.17, 15) is 0 Å². The molecule has 0 radical (unpaired) electrons. The molecule has 5 heterocycles. The first kappa shape index (κ1) is 38.9. The van der Waals surface area contributed by atoms with Crippen molar-refractivity contribution in [1.29, 1.82) is 0 Å². The Morgan fingerprint density at radius 2 is 0.917 bits per heavy atom. The quantitative estimate of drug-likeness (QED) is 0.125. The predicted octanol–water partition coefficient (Wildman–Crippen LogP) is 14.3. The predicted molar refractivity (Wildman–Crippen MR) is 250 cm³/mol. The Bertz CT molecular complexity index is 2740. The highest BCUT2D eigenvalue weighted by molar-refractivity contribution is 7.99. The second-order valence-electron chi connectivity index (χ2n) is 15.2. The van der Waals surface area contributed by atoms with Crippen LogP contribution in [0.1, 0.15) is 50.9 Å². The zero-order valence-electron chi connectivity index (χ0n) is 33.8. The molecule has 2 N–H and O–H groups in total. The van der Waals surface area contributed by atoms with Gasteiger partial charge in [-0.1, -0.05) is 106 Å². The lowest BCUT2D eigenvalue weighted by atomic mass is 10.0. The number of rotatable bonds is 12. The highest BCUT2D eigenvalue weighted by atomic mass is 32.2. The van der Waals surface area contributed by atoms with Crippen LogP contribution in [0.5, 0.6) is 0 Å². The summed E-state index contributed by atoms with van der Waals surface area (Å²) in [5.74, 6) is 0.636. The molecule has 7 nitrogen and oxygen atoms in total. The molecule has 5 aromatic heterocycles. The first-order chi connectivity index (χ1) is 29.3. The Morgan fingerprint density at radius 1 is 0.433 bits per heavy atom. The number of aromatic nitrogens is 5. The lowest BCUT2D eigenvalue weighted by Gasteiger charge is -2.16. The van der Waals surface area contributed by atoms with E-state index >= 15 is 0 Å². The molecule has 0 aliphatic rings. The van der Waals surface area contributed by atoms with Crippen molar-refractivity contribution in [1.82, 2.24) is 24.9 Å². The van der Waals surface area contributed by atoms with Gasteiger partial charge in [0.15, 0.2) is 11.3 Å². The monoisotopic (exact) mass is 817 g/mol. The number of hydrogen-bond acceptors (Lipinski definition) is 9. The van der Waals surface area contributed by atoms with Gasteiger partial charge in [-0.05, 0) is 108 Å². The topological polar surface area (TPSA) is 88.5 Å². The average molecular weight is 818 g/mol. The number of fused-ring (bicyclic) bond motifs is 2. The van der Waals surface area contributed by atoms with E-state index in [0.29, 0.717) is 11.8 Å². The van der Waals surface area contributed by atoms with E-state index in [1.165, 1.54) is 4.90 Å². The van der Waals surface area contributed by atoms with E-state index in [1.54, 1.807) is 23.5 Å². The first-order valence-electron chi connectivity index (χ1n) is 20.1. The Hall–Kier alpha value is -6.55. The molecule has 0 saturated carbocycles. The summed E-state index contributed by atoms with van der Waals surface area (Å²) in [7, 11) is 0. The fraction of sp³-hybridized carbons (Fsp3) is 0.118. The maximum atomic E-state index is 5.03. The Balaban J connectivity index is 1.05. The van der Waals surface area contributed by atoms with Gasteiger partial charge in [0, 0.05) is 71.5 Å². The summed E-state index contributed by atoms with van der Waals surface area (Å²) >= 11 is 3.46. The molecule has 0 aliphatic heterocycles. The van der Waals surface area contributed by atoms with Gasteiger partial charge < -0.3 is 10.6 Å². The molecular formula is C51H43N7S2. The van der Waals surface area contributed by atoms with Crippen molar-refractivity contribution in [2.45, 2.75) is 59.1 Å². The molecule has 9 rings (SSSR count). The third-order valence-corrected chi connectivity index (χ3v) is 12.4. The normalized spacial score (nSPS) is 11.4. The van der Waals surface area contributed by atoms with Crippen LogP contribution >= 0.6 is 23.5 Å². The summed E-state index contributed by atoms with van der Waals surface area (Å²) in [4.78, 5) is 28.5. The van der Waals surface area contributed by atoms with Gasteiger partial charge in [-0.2, -0.15) is 0 Å². The maximum absolute atomic E-state index is 5.03. The van der Waals surface area contributed by atoms with Crippen LogP contribution in [-0.4, -0.2) is 24.9 Å². The fourth-order valence-electron chi connectivity index (χ4n) is 6.98. The van der Waals surface area contributed by atoms with Crippen LogP contribution in [0.3, 0.4) is 0 Å². The number of benzene rings is 4. The van der Waals surface area contributed by atoms with Gasteiger partial charge in [-0.25, -0.2) is 19.9 Å². The van der Waals surface area contributed by atoms with Crippen LogP contribution in [0.15, 0.2) is 184 Å². The van der Waals surface area contributed by atoms with Gasteiger partial charge in [-0.15, -0.1) is 0 Å². The number of hydrogen-bond donors (Lipinski definition) is 2. The molecule has 0 bridgehead atoms. The first-order valence-corrected chi connectivity index (χ1v) is 21.7. The molecule has 0 atom stereocenters. The van der Waals surface area contributed by atoms with Crippen LogP contribution in [0.4, 0.5) is 22.7 Å². The standard InChI is InChI=1S/C51H43N7S2/c1-32(2)41-21-18-39-44(25-27-52-50(39)57-41)55-46-29-34(16-23-48(46)59-37-11-7-5-8-12-37)36-15-20-43(54-31-36)35-17-24-49(60-38-13-9-6-10-14-38)47(30-35)56-45-26-28-53-51-40(45)19-22-42(58-51)33(3)4/h5-33H,1-4H3,(H,52,55,57)(H,53,56,58). The molecule has 0 aliphatic carbocycles. The summed E-state index contributed by atoms with van der Waals surface area (Å²) in [5, 5.41) is 9.47. The van der Waals surface area contributed by atoms with Gasteiger partial charge in [0.05, 0.1) is 28.4 Å². The molecule has 0 unspecified atom stereocenters. The Morgan fingerprint density at radius 3 is 1.40 bits per heavy atom. The van der Waals surface area contributed by atoms with Crippen molar-refractivity contribution in [3.63, 3.8) is 0 Å².